The van der Waals surface area contributed by atoms with Crippen LogP contribution in [0, 0.1) is 6.92 Å². The van der Waals surface area contributed by atoms with Crippen molar-refractivity contribution >= 4 is 40.4 Å². The Labute approximate surface area is 222 Å². The van der Waals surface area contributed by atoms with Crippen molar-refractivity contribution in [2.45, 2.75) is 6.92 Å². The fourth-order valence-corrected chi connectivity index (χ4v) is 4.67. The standard InChI is InChI=1S/C28H22N4O5S/c1-18-8-10-19(11-9-18)16-23-26(34)31(20-6-4-3-5-7-20)28(29-23)38-17-24(33)25-27(35)37-30-32(25)21-12-14-22(36-2)15-13-21/h3-16H,17H2,1-2H3/b23-16+. The highest BCUT2D eigenvalue weighted by Crippen LogP contribution is 2.30. The molecule has 0 aliphatic carbocycles. The predicted molar refractivity (Wildman–Crippen MR) is 141 cm³/mol. The quantitative estimate of drug-likeness (QED) is 0.205. The van der Waals surface area contributed by atoms with E-state index in [1.807, 2.05) is 49.4 Å². The third kappa shape index (κ3) is 5.07. The van der Waals surface area contributed by atoms with Gasteiger partial charge >= 0.3 is 5.69 Å². The van der Waals surface area contributed by atoms with E-state index >= 15 is 0 Å². The van der Waals surface area contributed by atoms with Gasteiger partial charge in [-0.25, -0.2) is 4.99 Å². The molecule has 4 aromatic rings. The molecule has 0 spiro atoms. The van der Waals surface area contributed by atoms with Crippen molar-refractivity contribution in [1.82, 2.24) is 5.27 Å². The molecule has 0 bridgehead atoms. The van der Waals surface area contributed by atoms with Crippen LogP contribution in [0.4, 0.5) is 5.69 Å². The maximum absolute atomic E-state index is 13.4. The van der Waals surface area contributed by atoms with Crippen LogP contribution in [-0.4, -0.2) is 35.0 Å². The molecule has 190 valence electrons. The Morgan fingerprint density at radius 1 is 1.08 bits per heavy atom. The van der Waals surface area contributed by atoms with Gasteiger partial charge in [-0.15, -0.1) is 0 Å². The summed E-state index contributed by atoms with van der Waals surface area (Å²) in [5, 5.41) is 16.4. The smallest absolute Gasteiger partial charge is 0.307 e. The van der Waals surface area contributed by atoms with Crippen molar-refractivity contribution in [2.24, 2.45) is 4.99 Å². The molecule has 0 saturated carbocycles. The molecule has 1 aliphatic heterocycles. The van der Waals surface area contributed by atoms with Gasteiger partial charge in [-0.1, -0.05) is 59.8 Å². The van der Waals surface area contributed by atoms with E-state index in [1.165, 1.54) is 12.0 Å². The molecular formula is C28H22N4O5S. The predicted octanol–water partition coefficient (Wildman–Crippen LogP) is 3.70. The van der Waals surface area contributed by atoms with Crippen molar-refractivity contribution in [3.05, 3.63) is 101 Å². The van der Waals surface area contributed by atoms with Gasteiger partial charge in [0.1, 0.15) is 11.4 Å². The van der Waals surface area contributed by atoms with Crippen LogP contribution in [0.2, 0.25) is 0 Å². The summed E-state index contributed by atoms with van der Waals surface area (Å²) in [5.41, 5.74) is 3.04. The number of carbonyl (C=O) groups is 2. The maximum Gasteiger partial charge on any atom is 0.307 e. The van der Waals surface area contributed by atoms with Gasteiger partial charge in [-0.2, -0.15) is 0 Å². The number of benzene rings is 3. The molecule has 1 aliphatic rings. The second kappa shape index (κ2) is 10.7. The van der Waals surface area contributed by atoms with E-state index in [-0.39, 0.29) is 23.1 Å². The van der Waals surface area contributed by atoms with Crippen molar-refractivity contribution < 1.29 is 28.6 Å². The number of nitrogens with zero attached hydrogens (tertiary/aromatic N) is 4. The monoisotopic (exact) mass is 526 g/mol. The normalized spacial score (nSPS) is 14.2. The van der Waals surface area contributed by atoms with Gasteiger partial charge in [0.05, 0.1) is 23.8 Å². The lowest BCUT2D eigenvalue weighted by Crippen LogP contribution is -2.39. The number of aliphatic imine (C=N–C) groups is 1. The van der Waals surface area contributed by atoms with Gasteiger partial charge in [-0.05, 0) is 47.5 Å². The van der Waals surface area contributed by atoms with Crippen LogP contribution < -0.4 is 19.4 Å². The Morgan fingerprint density at radius 3 is 2.47 bits per heavy atom. The van der Waals surface area contributed by atoms with Crippen LogP contribution in [0.25, 0.3) is 11.8 Å². The summed E-state index contributed by atoms with van der Waals surface area (Å²) in [6.07, 6.45) is 1.71. The molecule has 5 rings (SSSR count). The molecule has 38 heavy (non-hydrogen) atoms. The largest absolute Gasteiger partial charge is 0.539 e. The fourth-order valence-electron chi connectivity index (χ4n) is 3.80. The molecule has 0 atom stereocenters. The van der Waals surface area contributed by atoms with E-state index in [4.69, 9.17) is 9.26 Å². The summed E-state index contributed by atoms with van der Waals surface area (Å²) in [7, 11) is 1.54. The Hall–Kier alpha value is -4.70. The molecule has 9 nitrogen and oxygen atoms in total. The van der Waals surface area contributed by atoms with Crippen molar-refractivity contribution in [2.75, 3.05) is 17.8 Å². The van der Waals surface area contributed by atoms with Crippen molar-refractivity contribution in [3.63, 3.8) is 0 Å². The number of amides is 1. The maximum atomic E-state index is 13.4. The summed E-state index contributed by atoms with van der Waals surface area (Å²) in [6, 6.07) is 23.5. The number of methoxy groups -OCH3 is 1. The number of Topliss-reactive ketones (excluding diaryl/α,β-unsaturated/α-hetero) is 1. The Kier molecular flexibility index (Phi) is 7.05. The van der Waals surface area contributed by atoms with Gasteiger partial charge in [0.25, 0.3) is 5.91 Å². The molecule has 0 radical (unpaired) electrons. The summed E-state index contributed by atoms with van der Waals surface area (Å²) in [4.78, 5) is 32.6. The average Bonchev–Trinajstić information content (AvgIpc) is 3.48. The van der Waals surface area contributed by atoms with Gasteiger partial charge in [-0.3, -0.25) is 14.5 Å². The first-order valence-corrected chi connectivity index (χ1v) is 12.6. The number of carbonyl (C=O) groups excluding carboxylic acids is 2. The van der Waals surface area contributed by atoms with Crippen LogP contribution in [0.15, 0.2) is 94.1 Å². The van der Waals surface area contributed by atoms with E-state index in [1.54, 1.807) is 42.5 Å². The molecule has 0 N–H and O–H groups in total. The first-order valence-electron chi connectivity index (χ1n) is 11.6. The molecule has 3 aromatic carbocycles. The highest BCUT2D eigenvalue weighted by atomic mass is 32.2. The highest BCUT2D eigenvalue weighted by molar-refractivity contribution is 8.14. The van der Waals surface area contributed by atoms with Gasteiger partial charge in [0.15, 0.2) is 11.1 Å². The van der Waals surface area contributed by atoms with Crippen LogP contribution in [-0.2, 0) is 4.79 Å². The third-order valence-corrected chi connectivity index (χ3v) is 6.69. The van der Waals surface area contributed by atoms with E-state index in [9.17, 15) is 14.7 Å². The minimum Gasteiger partial charge on any atom is -0.539 e. The summed E-state index contributed by atoms with van der Waals surface area (Å²) in [5.74, 6) is -1.23. The molecule has 0 unspecified atom stereocenters. The number of thioether (sulfide) groups is 1. The SMILES string of the molecule is COc1ccc(-[n+]2noc([O-])c2C(=O)CSC2=N/C(=C/c3ccc(C)cc3)C(=O)N2c2ccccc2)cc1. The number of aromatic nitrogens is 2. The lowest BCUT2D eigenvalue weighted by atomic mass is 10.1. The minimum absolute atomic E-state index is 0.167. The van der Waals surface area contributed by atoms with Gasteiger partial charge < -0.3 is 14.4 Å². The molecule has 0 fully saturated rings. The van der Waals surface area contributed by atoms with E-state index in [0.29, 0.717) is 22.3 Å². The number of ether oxygens (including phenoxy) is 1. The number of amidine groups is 1. The molecule has 0 saturated heterocycles. The Bertz CT molecular complexity index is 1540. The van der Waals surface area contributed by atoms with Crippen molar-refractivity contribution in [3.8, 4) is 17.4 Å². The lowest BCUT2D eigenvalue weighted by molar-refractivity contribution is -0.672. The Balaban J connectivity index is 1.42. The number of aryl methyl sites for hydroxylation is 1. The zero-order valence-electron chi connectivity index (χ0n) is 20.5. The van der Waals surface area contributed by atoms with E-state index in [0.717, 1.165) is 27.6 Å². The second-order valence-electron chi connectivity index (χ2n) is 8.34. The average molecular weight is 527 g/mol. The first kappa shape index (κ1) is 25.0. The summed E-state index contributed by atoms with van der Waals surface area (Å²) < 4.78 is 11.1. The molecule has 1 amide bonds. The topological polar surface area (TPSA) is 112 Å². The van der Waals surface area contributed by atoms with Crippen LogP contribution in [0.3, 0.4) is 0 Å². The van der Waals surface area contributed by atoms with Crippen molar-refractivity contribution in [1.29, 1.82) is 0 Å². The number of para-hydroxylation sites is 1. The summed E-state index contributed by atoms with van der Waals surface area (Å²) >= 11 is 1.06. The number of hydrogen-bond acceptors (Lipinski definition) is 8. The zero-order valence-corrected chi connectivity index (χ0v) is 21.3. The minimum atomic E-state index is -0.851. The lowest BCUT2D eigenvalue weighted by Gasteiger charge is -2.17. The van der Waals surface area contributed by atoms with E-state index < -0.39 is 11.7 Å². The fraction of sp³-hybridized carbons (Fsp3) is 0.107. The molecule has 1 aromatic heterocycles. The highest BCUT2D eigenvalue weighted by Gasteiger charge is 2.34. The van der Waals surface area contributed by atoms with Crippen LogP contribution in [0.1, 0.15) is 21.6 Å². The second-order valence-corrected chi connectivity index (χ2v) is 9.28. The summed E-state index contributed by atoms with van der Waals surface area (Å²) in [6.45, 7) is 1.99. The Morgan fingerprint density at radius 2 is 1.79 bits per heavy atom. The van der Waals surface area contributed by atoms with E-state index in [2.05, 4.69) is 10.3 Å². The zero-order chi connectivity index (χ0) is 26.6. The van der Waals surface area contributed by atoms with Gasteiger partial charge in [0, 0.05) is 12.1 Å². The molecule has 10 heteroatoms. The number of rotatable bonds is 7. The number of ketones is 1. The first-order chi connectivity index (χ1) is 18.4. The number of anilines is 1. The third-order valence-electron chi connectivity index (χ3n) is 5.75. The molecular weight excluding hydrogens is 504 g/mol. The van der Waals surface area contributed by atoms with Crippen LogP contribution >= 0.6 is 11.8 Å². The van der Waals surface area contributed by atoms with Crippen LogP contribution in [0.5, 0.6) is 11.7 Å². The van der Waals surface area contributed by atoms with Gasteiger partial charge in [0.2, 0.25) is 11.5 Å². The molecule has 2 heterocycles. The number of hydrogen-bond donors (Lipinski definition) is 0.